The second kappa shape index (κ2) is 22.1. The van der Waals surface area contributed by atoms with Crippen LogP contribution in [0.5, 0.6) is 0 Å². The Kier molecular flexibility index (Phi) is 13.9. The van der Waals surface area contributed by atoms with Crippen molar-refractivity contribution in [3.8, 4) is 44.5 Å². The highest BCUT2D eigenvalue weighted by molar-refractivity contribution is 5.94. The first kappa shape index (κ1) is 47.8. The van der Waals surface area contributed by atoms with Gasteiger partial charge in [0.05, 0.1) is 6.57 Å². The molecule has 6 heteroatoms. The molecule has 0 aliphatic carbocycles. The number of benzene rings is 11. The molecule has 76 heavy (non-hydrogen) atoms. The lowest BCUT2D eigenvalue weighted by Crippen LogP contribution is -2.13. The first-order valence-electron chi connectivity index (χ1n) is 25.1. The molecule has 0 saturated carbocycles. The van der Waals surface area contributed by atoms with Gasteiger partial charge in [-0.2, -0.15) is 0 Å². The highest BCUT2D eigenvalue weighted by Crippen LogP contribution is 2.43. The molecule has 0 heterocycles. The lowest BCUT2D eigenvalue weighted by atomic mass is 10.0. The molecule has 6 nitrogen and oxygen atoms in total. The third-order valence-electron chi connectivity index (χ3n) is 13.5. The molecule has 0 unspecified atom stereocenters. The molecule has 0 bridgehead atoms. The zero-order chi connectivity index (χ0) is 51.6. The van der Waals surface area contributed by atoms with Gasteiger partial charge in [-0.05, 0) is 165 Å². The van der Waals surface area contributed by atoms with E-state index in [0.717, 1.165) is 95.7 Å². The van der Waals surface area contributed by atoms with E-state index in [1.807, 2.05) is 48.5 Å². The van der Waals surface area contributed by atoms with Crippen molar-refractivity contribution in [2.75, 3.05) is 14.7 Å². The second-order valence-electron chi connectivity index (χ2n) is 18.2. The van der Waals surface area contributed by atoms with Crippen LogP contribution in [-0.4, -0.2) is 11.1 Å². The lowest BCUT2D eigenvalue weighted by Gasteiger charge is -2.30. The van der Waals surface area contributed by atoms with Crippen LogP contribution < -0.4 is 14.7 Å². The predicted molar refractivity (Wildman–Crippen MR) is 314 cm³/mol. The summed E-state index contributed by atoms with van der Waals surface area (Å²) in [6.45, 7) is 7.43. The van der Waals surface area contributed by atoms with Crippen molar-refractivity contribution in [3.63, 3.8) is 0 Å². The summed E-state index contributed by atoms with van der Waals surface area (Å²) in [5, 5.41) is 9.63. The maximum Gasteiger partial charge on any atom is 0.333 e. The van der Waals surface area contributed by atoms with Crippen molar-refractivity contribution in [1.82, 2.24) is 0 Å². The molecule has 0 spiro atoms. The van der Waals surface area contributed by atoms with E-state index in [-0.39, 0.29) is 5.70 Å². The van der Waals surface area contributed by atoms with Crippen LogP contribution in [-0.2, 0) is 4.79 Å². The van der Waals surface area contributed by atoms with Gasteiger partial charge in [0.2, 0.25) is 0 Å². The Bertz CT molecular complexity index is 3390. The Balaban J connectivity index is 0.978. The van der Waals surface area contributed by atoms with Crippen LogP contribution in [0.4, 0.5) is 51.2 Å². The van der Waals surface area contributed by atoms with Crippen LogP contribution in [0.2, 0.25) is 0 Å². The Labute approximate surface area is 444 Å². The quantitative estimate of drug-likeness (QED) is 0.0819. The minimum absolute atomic E-state index is 0.348. The summed E-state index contributed by atoms with van der Waals surface area (Å²) in [7, 11) is 0. The predicted octanol–water partition coefficient (Wildman–Crippen LogP) is 19.1. The Hall–Kier alpha value is -10.5. The first-order valence-corrected chi connectivity index (χ1v) is 25.1. The van der Waals surface area contributed by atoms with Crippen molar-refractivity contribution >= 4 is 63.2 Å². The van der Waals surface area contributed by atoms with Gasteiger partial charge in [-0.1, -0.05) is 182 Å². The third kappa shape index (κ3) is 10.5. The minimum Gasteiger partial charge on any atom is -0.486 e. The van der Waals surface area contributed by atoms with Crippen LogP contribution in [0.25, 0.3) is 55.4 Å². The Morgan fingerprint density at radius 1 is 0.289 bits per heavy atom. The van der Waals surface area contributed by atoms with Crippen LogP contribution in [0, 0.1) is 6.57 Å². The van der Waals surface area contributed by atoms with Crippen molar-refractivity contribution in [1.29, 1.82) is 0 Å². The number of hydrogen-bond acceptors (Lipinski definition) is 4. The highest BCUT2D eigenvalue weighted by atomic mass is 16.4. The summed E-state index contributed by atoms with van der Waals surface area (Å²) in [5.41, 5.74) is 18.2. The Morgan fingerprint density at radius 2 is 0.474 bits per heavy atom. The Morgan fingerprint density at radius 3 is 0.671 bits per heavy atom. The number of nitrogens with zero attached hydrogens (tertiary/aromatic N) is 4. The molecule has 11 rings (SSSR count). The molecule has 11 aromatic carbocycles. The van der Waals surface area contributed by atoms with E-state index < -0.39 is 5.97 Å². The maximum absolute atomic E-state index is 11.8. The zero-order valence-electron chi connectivity index (χ0n) is 41.4. The molecular formula is C70H50N4O2. The fraction of sp³-hybridized carbons (Fsp3) is 0. The molecule has 0 amide bonds. The van der Waals surface area contributed by atoms with E-state index >= 15 is 0 Å². The second-order valence-corrected chi connectivity index (χ2v) is 18.2. The summed E-state index contributed by atoms with van der Waals surface area (Å²) < 4.78 is 0. The number of aliphatic carboxylic acids is 1. The largest absolute Gasteiger partial charge is 0.486 e. The van der Waals surface area contributed by atoms with E-state index in [2.05, 4.69) is 262 Å². The molecule has 0 aliphatic heterocycles. The fourth-order valence-corrected chi connectivity index (χ4v) is 9.60. The maximum atomic E-state index is 11.8. The van der Waals surface area contributed by atoms with Gasteiger partial charge in [0.1, 0.15) is 0 Å². The van der Waals surface area contributed by atoms with E-state index in [1.165, 1.54) is 6.08 Å². The number of carboxylic acid groups (broad SMARTS) is 1. The summed E-state index contributed by atoms with van der Waals surface area (Å²) in [4.78, 5) is 21.8. The van der Waals surface area contributed by atoms with Gasteiger partial charge in [0.15, 0.2) is 0 Å². The molecule has 0 radical (unpaired) electrons. The van der Waals surface area contributed by atoms with Crippen molar-refractivity contribution < 1.29 is 9.90 Å². The van der Waals surface area contributed by atoms with Crippen molar-refractivity contribution in [2.45, 2.75) is 0 Å². The normalized spacial score (nSPS) is 11.1. The van der Waals surface area contributed by atoms with Gasteiger partial charge in [-0.3, -0.25) is 4.79 Å². The lowest BCUT2D eigenvalue weighted by molar-refractivity contribution is -0.132. The van der Waals surface area contributed by atoms with Gasteiger partial charge in [0.25, 0.3) is 5.70 Å². The van der Waals surface area contributed by atoms with Crippen molar-refractivity contribution in [2.24, 2.45) is 0 Å². The average Bonchev–Trinajstić information content (AvgIpc) is 3.50. The van der Waals surface area contributed by atoms with Gasteiger partial charge >= 0.3 is 5.97 Å². The molecule has 0 atom stereocenters. The number of carbonyl (C=O) groups is 1. The number of carboxylic acids is 1. The SMILES string of the molecule is [C-]#[N+]C(=Cc1ccc(N(c2ccc(N(c3ccc(-c4ccccc4)cc3)c3ccc(-c4ccccc4)cc3)cc2)c2ccc(N(c3ccc(-c4ccccc4)cc3)c3ccc(-c4ccccc4)cc3)cc2)cc1)C(=O)O. The fourth-order valence-electron chi connectivity index (χ4n) is 9.60. The third-order valence-corrected chi connectivity index (χ3v) is 13.5. The van der Waals surface area contributed by atoms with E-state index in [4.69, 9.17) is 6.57 Å². The van der Waals surface area contributed by atoms with Crippen LogP contribution in [0.3, 0.4) is 0 Å². The monoisotopic (exact) mass is 978 g/mol. The molecule has 1 N–H and O–H groups in total. The average molecular weight is 979 g/mol. The van der Waals surface area contributed by atoms with Gasteiger partial charge in [-0.25, -0.2) is 4.85 Å². The van der Waals surface area contributed by atoms with E-state index in [1.54, 1.807) is 0 Å². The summed E-state index contributed by atoms with van der Waals surface area (Å²) in [6.07, 6.45) is 1.40. The van der Waals surface area contributed by atoms with Gasteiger partial charge < -0.3 is 19.8 Å². The molecule has 0 saturated heterocycles. The minimum atomic E-state index is -1.26. The molecule has 0 aliphatic rings. The van der Waals surface area contributed by atoms with Crippen LogP contribution in [0.15, 0.2) is 297 Å². The summed E-state index contributed by atoms with van der Waals surface area (Å²) in [6, 6.07) is 101. The van der Waals surface area contributed by atoms with Gasteiger partial charge in [-0.15, -0.1) is 0 Å². The molecule has 0 aromatic heterocycles. The van der Waals surface area contributed by atoms with Crippen LogP contribution in [0.1, 0.15) is 5.56 Å². The van der Waals surface area contributed by atoms with Crippen LogP contribution >= 0.6 is 0 Å². The number of hydrogen-bond donors (Lipinski definition) is 1. The van der Waals surface area contributed by atoms with Gasteiger partial charge in [0, 0.05) is 51.2 Å². The van der Waals surface area contributed by atoms with E-state index in [0.29, 0.717) is 5.56 Å². The molecule has 362 valence electrons. The van der Waals surface area contributed by atoms with Crippen molar-refractivity contribution in [3.05, 3.63) is 314 Å². The summed E-state index contributed by atoms with van der Waals surface area (Å²) in [5.74, 6) is -1.26. The zero-order valence-corrected chi connectivity index (χ0v) is 41.4. The summed E-state index contributed by atoms with van der Waals surface area (Å²) >= 11 is 0. The highest BCUT2D eigenvalue weighted by Gasteiger charge is 2.19. The topological polar surface area (TPSA) is 51.4 Å². The molecular weight excluding hydrogens is 929 g/mol. The molecule has 0 fully saturated rings. The number of rotatable bonds is 15. The smallest absolute Gasteiger partial charge is 0.333 e. The first-order chi connectivity index (χ1) is 37.5. The standard InChI is InChI=1S/C70H50N4O2/c1-71-69(70(75)76)50-51-22-32-60(33-23-51)72(65-42-46-67(47-43-65)73(61-34-24-56(25-35-61)52-14-6-2-7-15-52)62-36-26-57(27-37-62)53-16-8-3-9-17-53)66-44-48-68(49-45-66)74(63-38-28-58(29-39-63)54-18-10-4-11-19-54)64-40-30-59(31-41-64)55-20-12-5-13-21-55/h2-50H,(H,75,76). The van der Waals surface area contributed by atoms with E-state index in [9.17, 15) is 9.90 Å². The molecule has 11 aromatic rings. The number of anilines is 9.